The number of anilines is 1. The number of hydrogen-bond acceptors (Lipinski definition) is 3. The van der Waals surface area contributed by atoms with Crippen LogP contribution in [0.15, 0.2) is 16.7 Å². The van der Waals surface area contributed by atoms with Gasteiger partial charge in [0.15, 0.2) is 0 Å². The van der Waals surface area contributed by atoms with Crippen molar-refractivity contribution in [2.24, 2.45) is 11.8 Å². The molecule has 0 saturated heterocycles. The number of carbonyl (C=O) groups excluding carboxylic acids is 1. The van der Waals surface area contributed by atoms with Crippen molar-refractivity contribution in [1.29, 1.82) is 0 Å². The van der Waals surface area contributed by atoms with Gasteiger partial charge in [-0.2, -0.15) is 0 Å². The highest BCUT2D eigenvalue weighted by atomic mass is 79.9. The molecule has 1 heterocycles. The van der Waals surface area contributed by atoms with E-state index in [9.17, 15) is 9.59 Å². The number of pyridine rings is 1. The topological polar surface area (TPSA) is 79.3 Å². The van der Waals surface area contributed by atoms with E-state index in [-0.39, 0.29) is 5.91 Å². The molecule has 1 aliphatic carbocycles. The van der Waals surface area contributed by atoms with E-state index in [1.807, 2.05) is 0 Å². The molecule has 0 spiro atoms. The molecule has 0 radical (unpaired) electrons. The number of hydrogen-bond donors (Lipinski definition) is 2. The predicted octanol–water partition coefficient (Wildman–Crippen LogP) is 2.94. The van der Waals surface area contributed by atoms with E-state index in [0.717, 1.165) is 6.42 Å². The van der Waals surface area contributed by atoms with Gasteiger partial charge in [0.25, 0.3) is 0 Å². The lowest BCUT2D eigenvalue weighted by atomic mass is 9.95. The molecule has 1 amide bonds. The molecule has 0 aromatic carbocycles. The van der Waals surface area contributed by atoms with Crippen molar-refractivity contribution in [3.05, 3.63) is 21.9 Å². The van der Waals surface area contributed by atoms with Gasteiger partial charge in [0, 0.05) is 0 Å². The van der Waals surface area contributed by atoms with Crippen molar-refractivity contribution in [3.63, 3.8) is 0 Å². The first-order valence-corrected chi connectivity index (χ1v) is 7.01. The molecule has 102 valence electrons. The normalized spacial score (nSPS) is 22.2. The maximum Gasteiger partial charge on any atom is 0.307 e. The molecule has 1 fully saturated rings. The summed E-state index contributed by atoms with van der Waals surface area (Å²) in [7, 11) is 0. The molecule has 5 nitrogen and oxygen atoms in total. The Morgan fingerprint density at radius 2 is 2.11 bits per heavy atom. The molecule has 0 aliphatic heterocycles. The number of nitrogens with one attached hydrogen (secondary N) is 1. The van der Waals surface area contributed by atoms with Gasteiger partial charge < -0.3 is 10.4 Å². The van der Waals surface area contributed by atoms with Crippen LogP contribution in [0.1, 0.15) is 19.3 Å². The molecule has 2 atom stereocenters. The third-order valence-electron chi connectivity index (χ3n) is 3.23. The van der Waals surface area contributed by atoms with Crippen molar-refractivity contribution < 1.29 is 14.7 Å². The lowest BCUT2D eigenvalue weighted by Crippen LogP contribution is -2.30. The number of amides is 1. The molecule has 2 rings (SSSR count). The van der Waals surface area contributed by atoms with Gasteiger partial charge in [-0.05, 0) is 34.8 Å². The minimum Gasteiger partial charge on any atom is -0.481 e. The summed E-state index contributed by atoms with van der Waals surface area (Å²) in [6.07, 6.45) is 3.36. The maximum atomic E-state index is 12.1. The fourth-order valence-electron chi connectivity index (χ4n) is 2.29. The van der Waals surface area contributed by atoms with Crippen molar-refractivity contribution in [1.82, 2.24) is 4.98 Å². The third-order valence-corrected chi connectivity index (χ3v) is 4.37. The molecule has 19 heavy (non-hydrogen) atoms. The molecule has 1 aromatic heterocycles. The molecule has 2 N–H and O–H groups in total. The van der Waals surface area contributed by atoms with E-state index in [1.54, 1.807) is 6.07 Å². The van der Waals surface area contributed by atoms with Gasteiger partial charge in [-0.3, -0.25) is 9.59 Å². The Hall–Kier alpha value is -1.14. The van der Waals surface area contributed by atoms with Crippen LogP contribution in [-0.4, -0.2) is 22.0 Å². The van der Waals surface area contributed by atoms with E-state index in [0.29, 0.717) is 28.2 Å². The SMILES string of the molecule is O=C(O)C1CCCC1C(=O)Nc1cnc(Cl)c(Br)c1. The number of rotatable bonds is 3. The van der Waals surface area contributed by atoms with Crippen molar-refractivity contribution >= 4 is 45.1 Å². The number of carboxylic acid groups (broad SMARTS) is 1. The Labute approximate surface area is 123 Å². The first-order chi connectivity index (χ1) is 8.99. The van der Waals surface area contributed by atoms with E-state index >= 15 is 0 Å². The summed E-state index contributed by atoms with van der Waals surface area (Å²) in [6, 6.07) is 1.64. The zero-order valence-corrected chi connectivity index (χ0v) is 12.2. The highest BCUT2D eigenvalue weighted by Crippen LogP contribution is 2.33. The van der Waals surface area contributed by atoms with Crippen LogP contribution in [0.3, 0.4) is 0 Å². The van der Waals surface area contributed by atoms with Crippen LogP contribution in [-0.2, 0) is 9.59 Å². The van der Waals surface area contributed by atoms with Crippen molar-refractivity contribution in [2.75, 3.05) is 5.32 Å². The fourth-order valence-corrected chi connectivity index (χ4v) is 2.75. The zero-order chi connectivity index (χ0) is 14.0. The average Bonchev–Trinajstić information content (AvgIpc) is 2.83. The Morgan fingerprint density at radius 1 is 1.42 bits per heavy atom. The number of carbonyl (C=O) groups is 2. The summed E-state index contributed by atoms with van der Waals surface area (Å²) >= 11 is 8.98. The molecule has 0 bridgehead atoms. The number of aliphatic carboxylic acids is 1. The number of nitrogens with zero attached hydrogens (tertiary/aromatic N) is 1. The lowest BCUT2D eigenvalue weighted by Gasteiger charge is -2.15. The minimum absolute atomic E-state index is 0.277. The smallest absolute Gasteiger partial charge is 0.307 e. The fraction of sp³-hybridized carbons (Fsp3) is 0.417. The van der Waals surface area contributed by atoms with Gasteiger partial charge in [0.2, 0.25) is 5.91 Å². The monoisotopic (exact) mass is 346 g/mol. The molecule has 1 saturated carbocycles. The second kappa shape index (κ2) is 5.88. The van der Waals surface area contributed by atoms with Crippen LogP contribution in [0.2, 0.25) is 5.15 Å². The van der Waals surface area contributed by atoms with Crippen LogP contribution in [0.25, 0.3) is 0 Å². The summed E-state index contributed by atoms with van der Waals surface area (Å²) in [5, 5.41) is 12.1. The summed E-state index contributed by atoms with van der Waals surface area (Å²) < 4.78 is 0.577. The second-order valence-electron chi connectivity index (χ2n) is 4.47. The highest BCUT2D eigenvalue weighted by Gasteiger charge is 2.37. The largest absolute Gasteiger partial charge is 0.481 e. The number of halogens is 2. The first kappa shape index (κ1) is 14.3. The van der Waals surface area contributed by atoms with Gasteiger partial charge in [-0.25, -0.2) is 4.98 Å². The summed E-state index contributed by atoms with van der Waals surface area (Å²) in [4.78, 5) is 27.0. The predicted molar refractivity (Wildman–Crippen MR) is 74.0 cm³/mol. The molecule has 2 unspecified atom stereocenters. The summed E-state index contributed by atoms with van der Waals surface area (Å²) in [5.41, 5.74) is 0.498. The Kier molecular flexibility index (Phi) is 4.42. The van der Waals surface area contributed by atoms with Gasteiger partial charge in [0.1, 0.15) is 5.15 Å². The maximum absolute atomic E-state index is 12.1. The highest BCUT2D eigenvalue weighted by molar-refractivity contribution is 9.10. The quantitative estimate of drug-likeness (QED) is 0.824. The van der Waals surface area contributed by atoms with Crippen LogP contribution >= 0.6 is 27.5 Å². The van der Waals surface area contributed by atoms with Crippen molar-refractivity contribution in [2.45, 2.75) is 19.3 Å². The van der Waals surface area contributed by atoms with E-state index < -0.39 is 17.8 Å². The Morgan fingerprint density at radius 3 is 2.74 bits per heavy atom. The standard InChI is InChI=1S/C12H12BrClN2O3/c13-9-4-6(5-15-10(9)14)16-11(17)7-2-1-3-8(7)12(18)19/h4-5,7-8H,1-3H2,(H,16,17)(H,18,19). The zero-order valence-electron chi connectivity index (χ0n) is 9.90. The van der Waals surface area contributed by atoms with Crippen LogP contribution in [0.5, 0.6) is 0 Å². The van der Waals surface area contributed by atoms with Gasteiger partial charge in [-0.15, -0.1) is 0 Å². The van der Waals surface area contributed by atoms with E-state index in [1.165, 1.54) is 6.20 Å². The molecule has 1 aromatic rings. The summed E-state index contributed by atoms with van der Waals surface area (Å²) in [5.74, 6) is -2.26. The Bertz CT molecular complexity index is 524. The van der Waals surface area contributed by atoms with E-state index in [4.69, 9.17) is 16.7 Å². The van der Waals surface area contributed by atoms with Gasteiger partial charge in [-0.1, -0.05) is 18.0 Å². The Balaban J connectivity index is 2.08. The van der Waals surface area contributed by atoms with Crippen LogP contribution in [0, 0.1) is 11.8 Å². The average molecular weight is 348 g/mol. The lowest BCUT2D eigenvalue weighted by molar-refractivity contribution is -0.145. The first-order valence-electron chi connectivity index (χ1n) is 5.83. The second-order valence-corrected chi connectivity index (χ2v) is 5.68. The molecular weight excluding hydrogens is 336 g/mol. The minimum atomic E-state index is -0.909. The molecule has 1 aliphatic rings. The number of carboxylic acids is 1. The van der Waals surface area contributed by atoms with Gasteiger partial charge >= 0.3 is 5.97 Å². The molecule has 7 heteroatoms. The van der Waals surface area contributed by atoms with Gasteiger partial charge in [0.05, 0.1) is 28.2 Å². The van der Waals surface area contributed by atoms with Crippen molar-refractivity contribution in [3.8, 4) is 0 Å². The molecular formula is C12H12BrClN2O3. The number of aromatic nitrogens is 1. The van der Waals surface area contributed by atoms with E-state index in [2.05, 4.69) is 26.2 Å². The van der Waals surface area contributed by atoms with Crippen LogP contribution < -0.4 is 5.32 Å². The summed E-state index contributed by atoms with van der Waals surface area (Å²) in [6.45, 7) is 0. The third kappa shape index (κ3) is 3.25. The van der Waals surface area contributed by atoms with Crippen LogP contribution in [0.4, 0.5) is 5.69 Å².